The molecule has 1 amide bonds. The molecule has 1 heterocycles. The molecule has 100 valence electrons. The number of carboxylic acids is 1. The molecule has 0 radical (unpaired) electrons. The van der Waals surface area contributed by atoms with Gasteiger partial charge in [0.25, 0.3) is 0 Å². The number of aromatic nitrogens is 1. The van der Waals surface area contributed by atoms with Crippen LogP contribution in [-0.2, 0) is 9.59 Å². The number of fused-ring (bicyclic) bond motifs is 1. The van der Waals surface area contributed by atoms with Crippen LogP contribution in [0.5, 0.6) is 0 Å². The largest absolute Gasteiger partial charge is 0.481 e. The van der Waals surface area contributed by atoms with Crippen LogP contribution >= 0.6 is 11.3 Å². The van der Waals surface area contributed by atoms with Crippen LogP contribution in [0.1, 0.15) is 24.3 Å². The van der Waals surface area contributed by atoms with Gasteiger partial charge in [0.1, 0.15) is 0 Å². The molecule has 2 rings (SSSR count). The second-order valence-electron chi connectivity index (χ2n) is 4.21. The van der Waals surface area contributed by atoms with Gasteiger partial charge < -0.3 is 10.4 Å². The predicted molar refractivity (Wildman–Crippen MR) is 74.5 cm³/mol. The zero-order valence-electron chi connectivity index (χ0n) is 10.5. The molecule has 2 N–H and O–H groups in total. The second kappa shape index (κ2) is 5.79. The number of nitrogens with one attached hydrogen (secondary N) is 1. The summed E-state index contributed by atoms with van der Waals surface area (Å²) in [4.78, 5) is 26.3. The Kier molecular flexibility index (Phi) is 4.11. The van der Waals surface area contributed by atoms with Gasteiger partial charge in [-0.3, -0.25) is 9.59 Å². The van der Waals surface area contributed by atoms with Crippen molar-refractivity contribution < 1.29 is 14.7 Å². The Morgan fingerprint density at radius 3 is 2.89 bits per heavy atom. The van der Waals surface area contributed by atoms with Gasteiger partial charge in [0.05, 0.1) is 15.2 Å². The number of aryl methyl sites for hydroxylation is 1. The van der Waals surface area contributed by atoms with Gasteiger partial charge in [0.2, 0.25) is 5.91 Å². The fourth-order valence-corrected chi connectivity index (χ4v) is 2.55. The normalized spacial score (nSPS) is 10.6. The van der Waals surface area contributed by atoms with E-state index >= 15 is 0 Å². The number of carbonyl (C=O) groups excluding carboxylic acids is 1. The molecule has 0 saturated carbocycles. The molecule has 0 aliphatic carbocycles. The fourth-order valence-electron chi connectivity index (χ4n) is 1.74. The molecule has 0 saturated heterocycles. The van der Waals surface area contributed by atoms with Crippen LogP contribution in [0.4, 0.5) is 5.69 Å². The van der Waals surface area contributed by atoms with E-state index in [0.717, 1.165) is 15.2 Å². The molecule has 0 atom stereocenters. The topological polar surface area (TPSA) is 79.3 Å². The number of carbonyl (C=O) groups is 2. The Balaban J connectivity index is 1.96. The van der Waals surface area contributed by atoms with E-state index in [4.69, 9.17) is 5.11 Å². The highest BCUT2D eigenvalue weighted by Gasteiger charge is 2.06. The summed E-state index contributed by atoms with van der Waals surface area (Å²) in [7, 11) is 0. The van der Waals surface area contributed by atoms with Gasteiger partial charge in [0.15, 0.2) is 0 Å². The van der Waals surface area contributed by atoms with Crippen molar-refractivity contribution in [2.75, 3.05) is 5.32 Å². The molecule has 0 spiro atoms. The van der Waals surface area contributed by atoms with E-state index in [2.05, 4.69) is 10.3 Å². The second-order valence-corrected chi connectivity index (χ2v) is 5.45. The van der Waals surface area contributed by atoms with Crippen LogP contribution in [0.3, 0.4) is 0 Å². The average molecular weight is 278 g/mol. The van der Waals surface area contributed by atoms with E-state index in [1.165, 1.54) is 0 Å². The van der Waals surface area contributed by atoms with Crippen molar-refractivity contribution in [3.05, 3.63) is 23.2 Å². The number of hydrogen-bond acceptors (Lipinski definition) is 4. The Bertz CT molecular complexity index is 621. The van der Waals surface area contributed by atoms with Gasteiger partial charge in [-0.25, -0.2) is 4.98 Å². The number of thiazole rings is 1. The summed E-state index contributed by atoms with van der Waals surface area (Å²) in [5.74, 6) is -1.06. The van der Waals surface area contributed by atoms with Crippen molar-refractivity contribution >= 4 is 39.1 Å². The number of aliphatic carboxylic acids is 1. The zero-order valence-corrected chi connectivity index (χ0v) is 11.3. The lowest BCUT2D eigenvalue weighted by atomic mass is 10.2. The smallest absolute Gasteiger partial charge is 0.303 e. The first-order chi connectivity index (χ1) is 9.04. The van der Waals surface area contributed by atoms with Crippen LogP contribution in [0, 0.1) is 6.92 Å². The lowest BCUT2D eigenvalue weighted by Crippen LogP contribution is -2.11. The molecule has 5 nitrogen and oxygen atoms in total. The third-order valence-electron chi connectivity index (χ3n) is 2.57. The highest BCUT2D eigenvalue weighted by atomic mass is 32.1. The minimum atomic E-state index is -0.882. The van der Waals surface area contributed by atoms with Gasteiger partial charge >= 0.3 is 5.97 Å². The van der Waals surface area contributed by atoms with Gasteiger partial charge in [-0.15, -0.1) is 11.3 Å². The third kappa shape index (κ3) is 3.75. The molecular formula is C13H14N2O3S. The van der Waals surface area contributed by atoms with Crippen molar-refractivity contribution in [1.82, 2.24) is 4.98 Å². The molecule has 0 fully saturated rings. The number of amides is 1. The van der Waals surface area contributed by atoms with Crippen LogP contribution in [0.15, 0.2) is 18.2 Å². The number of nitrogens with zero attached hydrogens (tertiary/aromatic N) is 1. The minimum absolute atomic E-state index is 0.0116. The van der Waals surface area contributed by atoms with Crippen LogP contribution in [-0.4, -0.2) is 22.0 Å². The summed E-state index contributed by atoms with van der Waals surface area (Å²) < 4.78 is 1.08. The van der Waals surface area contributed by atoms with Gasteiger partial charge in [-0.2, -0.15) is 0 Å². The molecule has 1 aromatic heterocycles. The maximum absolute atomic E-state index is 11.6. The van der Waals surface area contributed by atoms with Gasteiger partial charge in [0, 0.05) is 18.5 Å². The van der Waals surface area contributed by atoms with Gasteiger partial charge in [-0.1, -0.05) is 0 Å². The van der Waals surface area contributed by atoms with E-state index in [1.54, 1.807) is 11.3 Å². The Morgan fingerprint density at radius 2 is 2.16 bits per heavy atom. The number of hydrogen-bond donors (Lipinski definition) is 2. The monoisotopic (exact) mass is 278 g/mol. The number of anilines is 1. The molecular weight excluding hydrogens is 264 g/mol. The van der Waals surface area contributed by atoms with Crippen LogP contribution in [0.2, 0.25) is 0 Å². The molecule has 0 aliphatic rings. The lowest BCUT2D eigenvalue weighted by molar-refractivity contribution is -0.137. The quantitative estimate of drug-likeness (QED) is 0.881. The number of rotatable bonds is 5. The predicted octanol–water partition coefficient (Wildman–Crippen LogP) is 2.80. The molecule has 1 aromatic carbocycles. The maximum atomic E-state index is 11.6. The summed E-state index contributed by atoms with van der Waals surface area (Å²) in [6.07, 6.45) is 0.567. The lowest BCUT2D eigenvalue weighted by Gasteiger charge is -2.04. The summed E-state index contributed by atoms with van der Waals surface area (Å²) in [6.45, 7) is 1.94. The standard InChI is InChI=1S/C13H14N2O3S/c1-8-14-10-7-9(5-6-11(10)19-8)15-12(16)3-2-4-13(17)18/h5-7H,2-4H2,1H3,(H,15,16)(H,17,18). The zero-order chi connectivity index (χ0) is 13.8. The van der Waals surface area contributed by atoms with Crippen molar-refractivity contribution in [1.29, 1.82) is 0 Å². The van der Waals surface area contributed by atoms with Crippen molar-refractivity contribution in [2.45, 2.75) is 26.2 Å². The SMILES string of the molecule is Cc1nc2cc(NC(=O)CCCC(=O)O)ccc2s1. The Morgan fingerprint density at radius 1 is 1.37 bits per heavy atom. The fraction of sp³-hybridized carbons (Fsp3) is 0.308. The summed E-state index contributed by atoms with van der Waals surface area (Å²) in [5.41, 5.74) is 1.56. The molecule has 6 heteroatoms. The van der Waals surface area contributed by atoms with Crippen molar-refractivity contribution in [2.24, 2.45) is 0 Å². The maximum Gasteiger partial charge on any atom is 0.303 e. The van der Waals surface area contributed by atoms with E-state index < -0.39 is 5.97 Å². The molecule has 2 aromatic rings. The van der Waals surface area contributed by atoms with Crippen LogP contribution < -0.4 is 5.32 Å². The van der Waals surface area contributed by atoms with E-state index in [1.807, 2.05) is 25.1 Å². The van der Waals surface area contributed by atoms with Crippen LogP contribution in [0.25, 0.3) is 10.2 Å². The molecule has 0 aliphatic heterocycles. The summed E-state index contributed by atoms with van der Waals surface area (Å²) in [5, 5.41) is 12.2. The first kappa shape index (κ1) is 13.5. The number of benzene rings is 1. The van der Waals surface area contributed by atoms with Crippen molar-refractivity contribution in [3.8, 4) is 0 Å². The first-order valence-electron chi connectivity index (χ1n) is 5.93. The highest BCUT2D eigenvalue weighted by molar-refractivity contribution is 7.18. The number of carboxylic acid groups (broad SMARTS) is 1. The first-order valence-corrected chi connectivity index (χ1v) is 6.75. The molecule has 19 heavy (non-hydrogen) atoms. The average Bonchev–Trinajstić information content (AvgIpc) is 2.67. The minimum Gasteiger partial charge on any atom is -0.481 e. The molecule has 0 bridgehead atoms. The summed E-state index contributed by atoms with van der Waals surface area (Å²) >= 11 is 1.61. The third-order valence-corrected chi connectivity index (χ3v) is 3.52. The highest BCUT2D eigenvalue weighted by Crippen LogP contribution is 2.24. The van der Waals surface area contributed by atoms with E-state index in [9.17, 15) is 9.59 Å². The van der Waals surface area contributed by atoms with Crippen molar-refractivity contribution in [3.63, 3.8) is 0 Å². The van der Waals surface area contributed by atoms with E-state index in [0.29, 0.717) is 12.1 Å². The molecule has 0 unspecified atom stereocenters. The van der Waals surface area contributed by atoms with Gasteiger partial charge in [-0.05, 0) is 31.5 Å². The van der Waals surface area contributed by atoms with E-state index in [-0.39, 0.29) is 18.7 Å². The Labute approximate surface area is 114 Å². The Hall–Kier alpha value is -1.95. The summed E-state index contributed by atoms with van der Waals surface area (Å²) in [6, 6.07) is 5.58.